The van der Waals surface area contributed by atoms with Crippen molar-refractivity contribution >= 4 is 46.4 Å². The number of imidazole rings is 1. The molecule has 188 valence electrons. The Kier molecular flexibility index (Phi) is 6.09. The van der Waals surface area contributed by atoms with Crippen LogP contribution in [0.2, 0.25) is 10.0 Å². The molecule has 0 radical (unpaired) electrons. The second kappa shape index (κ2) is 9.15. The average molecular weight is 545 g/mol. The number of rotatable bonds is 6. The van der Waals surface area contributed by atoms with Crippen LogP contribution in [0.3, 0.4) is 0 Å². The van der Waals surface area contributed by atoms with E-state index in [4.69, 9.17) is 23.2 Å². The zero-order valence-electron chi connectivity index (χ0n) is 20.0. The lowest BCUT2D eigenvalue weighted by molar-refractivity contribution is 0.0587. The molecule has 36 heavy (non-hydrogen) atoms. The molecular weight excluding hydrogens is 517 g/mol. The molecule has 1 unspecified atom stereocenters. The lowest BCUT2D eigenvalue weighted by Crippen LogP contribution is -2.43. The molecule has 3 aliphatic rings. The zero-order valence-corrected chi connectivity index (χ0v) is 22.3. The van der Waals surface area contributed by atoms with Crippen molar-refractivity contribution in [1.82, 2.24) is 24.3 Å². The summed E-state index contributed by atoms with van der Waals surface area (Å²) in [5.74, 6) is 1.28. The Bertz CT molecular complexity index is 1330. The van der Waals surface area contributed by atoms with Crippen LogP contribution < -0.4 is 0 Å². The van der Waals surface area contributed by atoms with Gasteiger partial charge >= 0.3 is 0 Å². The van der Waals surface area contributed by atoms with Crippen LogP contribution in [0.4, 0.5) is 0 Å². The number of thiazole rings is 1. The van der Waals surface area contributed by atoms with Gasteiger partial charge in [0.15, 0.2) is 0 Å². The Morgan fingerprint density at radius 3 is 2.64 bits per heavy atom. The van der Waals surface area contributed by atoms with Crippen molar-refractivity contribution in [3.8, 4) is 0 Å². The smallest absolute Gasteiger partial charge is 0.273 e. The van der Waals surface area contributed by atoms with Crippen LogP contribution in [-0.4, -0.2) is 55.3 Å². The number of aryl methyl sites for hydroxylation is 1. The van der Waals surface area contributed by atoms with Crippen LogP contribution in [0.15, 0.2) is 36.1 Å². The topological polar surface area (TPSA) is 71.3 Å². The maximum Gasteiger partial charge on any atom is 0.273 e. The Morgan fingerprint density at radius 2 is 1.97 bits per heavy atom. The summed E-state index contributed by atoms with van der Waals surface area (Å²) >= 11 is 14.1. The first-order chi connectivity index (χ1) is 17.4. The normalized spacial score (nSPS) is 20.5. The predicted octanol–water partition coefficient (Wildman–Crippen LogP) is 5.40. The van der Waals surface area contributed by atoms with Crippen molar-refractivity contribution in [1.29, 1.82) is 0 Å². The van der Waals surface area contributed by atoms with Crippen molar-refractivity contribution in [2.75, 3.05) is 13.1 Å². The molecule has 2 aliphatic carbocycles. The fraction of sp³-hybridized carbons (Fsp3) is 0.462. The van der Waals surface area contributed by atoms with Gasteiger partial charge in [0.25, 0.3) is 11.8 Å². The van der Waals surface area contributed by atoms with E-state index in [9.17, 15) is 9.59 Å². The van der Waals surface area contributed by atoms with Crippen LogP contribution in [0.5, 0.6) is 0 Å². The van der Waals surface area contributed by atoms with Gasteiger partial charge in [0.1, 0.15) is 11.5 Å². The van der Waals surface area contributed by atoms with Gasteiger partial charge in [-0.2, -0.15) is 0 Å². The first-order valence-corrected chi connectivity index (χ1v) is 13.9. The lowest BCUT2D eigenvalue weighted by Gasteiger charge is -2.35. The lowest BCUT2D eigenvalue weighted by atomic mass is 9.92. The molecule has 0 N–H and O–H groups in total. The molecule has 2 saturated carbocycles. The monoisotopic (exact) mass is 543 g/mol. The maximum atomic E-state index is 13.7. The van der Waals surface area contributed by atoms with E-state index >= 15 is 0 Å². The minimum absolute atomic E-state index is 0.0118. The predicted molar refractivity (Wildman–Crippen MR) is 140 cm³/mol. The van der Waals surface area contributed by atoms with E-state index in [1.807, 2.05) is 27.6 Å². The van der Waals surface area contributed by atoms with E-state index in [0.29, 0.717) is 46.9 Å². The number of likely N-dealkylation sites (tertiary alicyclic amines) is 1. The fourth-order valence-electron chi connectivity index (χ4n) is 5.50. The number of carbonyl (C=O) groups is 2. The molecular formula is C26H27Cl2N5O2S. The third kappa shape index (κ3) is 4.33. The first kappa shape index (κ1) is 23.9. The largest absolute Gasteiger partial charge is 0.337 e. The highest BCUT2D eigenvalue weighted by molar-refractivity contribution is 7.10. The molecule has 2 amide bonds. The number of hydrogen-bond donors (Lipinski definition) is 0. The van der Waals surface area contributed by atoms with E-state index in [-0.39, 0.29) is 23.3 Å². The van der Waals surface area contributed by atoms with E-state index in [0.717, 1.165) is 42.8 Å². The maximum absolute atomic E-state index is 13.7. The molecule has 10 heteroatoms. The minimum Gasteiger partial charge on any atom is -0.337 e. The summed E-state index contributed by atoms with van der Waals surface area (Å²) in [4.78, 5) is 40.9. The Labute approximate surface area is 224 Å². The van der Waals surface area contributed by atoms with Crippen LogP contribution in [0, 0.1) is 5.41 Å². The molecule has 3 fully saturated rings. The molecule has 1 spiro atoms. The van der Waals surface area contributed by atoms with Gasteiger partial charge in [0.05, 0.1) is 22.6 Å². The standard InChI is InChI=1S/C26H27Cl2N5O2S/c1-31-11-8-29-21(31)14-33(24(34)18-5-4-17(27)12-19(18)28)20-13-26(20)6-9-32(10-7-26)25(35)22-23(16-2-3-16)36-15-30-22/h4-5,8,11-12,15-16,20H,2-3,6-7,9-10,13-14H2,1H3. The molecule has 1 saturated heterocycles. The number of amides is 2. The number of aromatic nitrogens is 3. The molecule has 7 nitrogen and oxygen atoms in total. The molecule has 3 aromatic rings. The Hall–Kier alpha value is -2.42. The molecule has 3 heterocycles. The van der Waals surface area contributed by atoms with E-state index < -0.39 is 0 Å². The van der Waals surface area contributed by atoms with Crippen LogP contribution in [0.1, 0.15) is 69.6 Å². The Balaban J connectivity index is 1.19. The average Bonchev–Trinajstić information content (AvgIpc) is 3.73. The Morgan fingerprint density at radius 1 is 1.19 bits per heavy atom. The fourth-order valence-corrected chi connectivity index (χ4v) is 6.94. The summed E-state index contributed by atoms with van der Waals surface area (Å²) in [6.45, 7) is 1.77. The van der Waals surface area contributed by atoms with Crippen LogP contribution in [-0.2, 0) is 13.6 Å². The van der Waals surface area contributed by atoms with Gasteiger partial charge in [-0.15, -0.1) is 11.3 Å². The zero-order chi connectivity index (χ0) is 25.0. The van der Waals surface area contributed by atoms with Crippen LogP contribution in [0.25, 0.3) is 0 Å². The minimum atomic E-state index is -0.114. The molecule has 1 aliphatic heterocycles. The number of benzene rings is 1. The van der Waals surface area contributed by atoms with Crippen molar-refractivity contribution in [2.45, 2.75) is 50.6 Å². The van der Waals surface area contributed by atoms with Crippen LogP contribution >= 0.6 is 34.5 Å². The van der Waals surface area contributed by atoms with Gasteiger partial charge in [-0.1, -0.05) is 23.2 Å². The van der Waals surface area contributed by atoms with Crippen molar-refractivity contribution < 1.29 is 9.59 Å². The number of hydrogen-bond acceptors (Lipinski definition) is 5. The molecule has 1 atom stereocenters. The summed E-state index contributed by atoms with van der Waals surface area (Å²) in [5.41, 5.74) is 2.90. The summed E-state index contributed by atoms with van der Waals surface area (Å²) in [6, 6.07) is 5.07. The van der Waals surface area contributed by atoms with Crippen molar-refractivity contribution in [2.24, 2.45) is 12.5 Å². The SMILES string of the molecule is Cn1ccnc1CN(C(=O)c1ccc(Cl)cc1Cl)C1CC12CCN(C(=O)c1ncsc1C1CC1)CC2. The number of halogens is 2. The first-order valence-electron chi connectivity index (χ1n) is 12.3. The summed E-state index contributed by atoms with van der Waals surface area (Å²) < 4.78 is 1.94. The highest BCUT2D eigenvalue weighted by Crippen LogP contribution is 2.57. The second-order valence-corrected chi connectivity index (χ2v) is 12.0. The van der Waals surface area contributed by atoms with Gasteiger partial charge in [-0.3, -0.25) is 9.59 Å². The molecule has 2 aromatic heterocycles. The van der Waals surface area contributed by atoms with Crippen molar-refractivity contribution in [3.05, 3.63) is 68.1 Å². The summed E-state index contributed by atoms with van der Waals surface area (Å²) in [6.07, 6.45) is 8.59. The number of nitrogens with zero attached hydrogens (tertiary/aromatic N) is 5. The second-order valence-electron chi connectivity index (χ2n) is 10.2. The van der Waals surface area contributed by atoms with Gasteiger partial charge in [-0.25, -0.2) is 9.97 Å². The molecule has 0 bridgehead atoms. The van der Waals surface area contributed by atoms with Gasteiger partial charge in [-0.05, 0) is 61.6 Å². The van der Waals surface area contributed by atoms with Gasteiger partial charge in [0.2, 0.25) is 0 Å². The van der Waals surface area contributed by atoms with E-state index in [1.54, 1.807) is 41.2 Å². The third-order valence-corrected chi connectivity index (χ3v) is 9.51. The molecule has 6 rings (SSSR count). The third-order valence-electron chi connectivity index (χ3n) is 7.97. The molecule has 1 aromatic carbocycles. The highest BCUT2D eigenvalue weighted by Gasteiger charge is 2.59. The number of piperidine rings is 1. The van der Waals surface area contributed by atoms with Crippen molar-refractivity contribution in [3.63, 3.8) is 0 Å². The van der Waals surface area contributed by atoms with Gasteiger partial charge < -0.3 is 14.4 Å². The number of carbonyl (C=O) groups excluding carboxylic acids is 2. The van der Waals surface area contributed by atoms with Gasteiger partial charge in [0, 0.05) is 48.5 Å². The summed E-state index contributed by atoms with van der Waals surface area (Å²) in [5, 5.41) is 0.847. The quantitative estimate of drug-likeness (QED) is 0.417. The highest BCUT2D eigenvalue weighted by atomic mass is 35.5. The van der Waals surface area contributed by atoms with E-state index in [1.165, 1.54) is 0 Å². The summed E-state index contributed by atoms with van der Waals surface area (Å²) in [7, 11) is 1.93. The van der Waals surface area contributed by atoms with E-state index in [2.05, 4.69) is 9.97 Å².